The van der Waals surface area contributed by atoms with E-state index in [0.29, 0.717) is 34.2 Å². The average Bonchev–Trinajstić information content (AvgIpc) is 3.58. The number of fused-ring (bicyclic) bond motifs is 1. The van der Waals surface area contributed by atoms with Gasteiger partial charge < -0.3 is 9.84 Å². The predicted molar refractivity (Wildman–Crippen MR) is 180 cm³/mol. The van der Waals surface area contributed by atoms with Crippen LogP contribution < -0.4 is 0 Å². The quantitative estimate of drug-likeness (QED) is 0.158. The second-order valence-electron chi connectivity index (χ2n) is 13.3. The van der Waals surface area contributed by atoms with E-state index in [4.69, 9.17) is 4.74 Å². The number of esters is 1. The summed E-state index contributed by atoms with van der Waals surface area (Å²) in [5.74, 6) is -2.39. The Labute approximate surface area is 268 Å². The standard InChI is InChI=1S/C27H24N2O3S.C11H14O/c1-26(2,3)19-12-9-17(10-13-19)15-21-24(18-11-14-22-23(16-18)29-33-28-22)25(30)32-27(21,31)20-7-5-4-6-8-20;1-11(2,3)10-6-4-9(8-12)5-7-10/h4-14,16,31H,15H2,1-3H3;4-8H,1-3H3. The fraction of sp³-hybridized carbons (Fsp3) is 0.263. The molecule has 1 aromatic heterocycles. The lowest BCUT2D eigenvalue weighted by Gasteiger charge is -2.26. The van der Waals surface area contributed by atoms with E-state index in [1.54, 1.807) is 12.1 Å². The molecule has 6 nitrogen and oxygen atoms in total. The highest BCUT2D eigenvalue weighted by Gasteiger charge is 2.48. The smallest absolute Gasteiger partial charge is 0.342 e. The number of aliphatic hydroxyl groups is 1. The Morgan fingerprint density at radius 1 is 0.778 bits per heavy atom. The lowest BCUT2D eigenvalue weighted by atomic mass is 9.85. The number of ether oxygens (including phenoxy) is 1. The first kappa shape index (κ1) is 31.9. The molecule has 2 heterocycles. The van der Waals surface area contributed by atoms with Crippen LogP contribution in [-0.4, -0.2) is 26.1 Å². The van der Waals surface area contributed by atoms with Crippen LogP contribution in [0.2, 0.25) is 0 Å². The van der Waals surface area contributed by atoms with Gasteiger partial charge in [0.05, 0.1) is 17.3 Å². The number of cyclic esters (lactones) is 1. The number of rotatable bonds is 5. The Hall–Kier alpha value is -4.46. The summed E-state index contributed by atoms with van der Waals surface area (Å²) in [7, 11) is 0. The van der Waals surface area contributed by atoms with Crippen molar-refractivity contribution < 1.29 is 19.4 Å². The van der Waals surface area contributed by atoms with Gasteiger partial charge in [0.2, 0.25) is 0 Å². The van der Waals surface area contributed by atoms with E-state index in [1.807, 2.05) is 72.8 Å². The fourth-order valence-electron chi connectivity index (χ4n) is 5.26. The third-order valence-electron chi connectivity index (χ3n) is 7.98. The SMILES string of the molecule is CC(C)(C)c1ccc(C=O)cc1.CC(C)(C)c1ccc(CC2=C(c3ccc4nsnc4c3)C(=O)OC2(O)c2ccccc2)cc1. The number of benzene rings is 4. The van der Waals surface area contributed by atoms with Crippen molar-refractivity contribution in [3.05, 3.63) is 136 Å². The van der Waals surface area contributed by atoms with Crippen molar-refractivity contribution in [1.82, 2.24) is 8.75 Å². The molecule has 1 unspecified atom stereocenters. The summed E-state index contributed by atoms with van der Waals surface area (Å²) in [6, 6.07) is 30.6. The van der Waals surface area contributed by atoms with E-state index >= 15 is 0 Å². The van der Waals surface area contributed by atoms with Crippen LogP contribution in [0.5, 0.6) is 0 Å². The predicted octanol–water partition coefficient (Wildman–Crippen LogP) is 8.18. The zero-order valence-electron chi connectivity index (χ0n) is 26.5. The van der Waals surface area contributed by atoms with Crippen LogP contribution in [0, 0.1) is 0 Å². The highest BCUT2D eigenvalue weighted by Crippen LogP contribution is 2.45. The molecule has 1 aliphatic rings. The van der Waals surface area contributed by atoms with Crippen LogP contribution in [0.25, 0.3) is 16.6 Å². The first-order valence-corrected chi connectivity index (χ1v) is 15.7. The normalized spacial score (nSPS) is 16.7. The zero-order valence-corrected chi connectivity index (χ0v) is 27.3. The maximum atomic E-state index is 13.2. The molecule has 0 spiro atoms. The molecule has 0 aliphatic carbocycles. The first-order chi connectivity index (χ1) is 21.3. The molecule has 1 N–H and O–H groups in total. The third-order valence-corrected chi connectivity index (χ3v) is 8.53. The Bertz CT molecular complexity index is 1840. The van der Waals surface area contributed by atoms with Gasteiger partial charge in [0, 0.05) is 23.1 Å². The minimum atomic E-state index is -1.84. The van der Waals surface area contributed by atoms with E-state index in [9.17, 15) is 14.7 Å². The molecule has 1 atom stereocenters. The molecule has 0 saturated carbocycles. The maximum absolute atomic E-state index is 13.2. The summed E-state index contributed by atoms with van der Waals surface area (Å²) < 4.78 is 14.2. The van der Waals surface area contributed by atoms with Gasteiger partial charge in [0.1, 0.15) is 17.3 Å². The lowest BCUT2D eigenvalue weighted by Crippen LogP contribution is -2.29. The number of aldehydes is 1. The molecular formula is C38H38N2O4S. The topological polar surface area (TPSA) is 89.4 Å². The molecule has 0 amide bonds. The van der Waals surface area contributed by atoms with E-state index in [0.717, 1.165) is 34.7 Å². The molecule has 1 aliphatic heterocycles. The Morgan fingerprint density at radius 2 is 1.36 bits per heavy atom. The summed E-state index contributed by atoms with van der Waals surface area (Å²) in [4.78, 5) is 23.5. The van der Waals surface area contributed by atoms with Gasteiger partial charge in [-0.1, -0.05) is 126 Å². The number of aromatic nitrogens is 2. The van der Waals surface area contributed by atoms with E-state index in [-0.39, 0.29) is 10.8 Å². The van der Waals surface area contributed by atoms with E-state index in [1.165, 1.54) is 11.1 Å². The van der Waals surface area contributed by atoms with Crippen molar-refractivity contribution >= 4 is 40.6 Å². The zero-order chi connectivity index (χ0) is 32.4. The summed E-state index contributed by atoms with van der Waals surface area (Å²) in [6.07, 6.45) is 1.23. The Balaban J connectivity index is 0.000000282. The van der Waals surface area contributed by atoms with Crippen molar-refractivity contribution in [2.24, 2.45) is 0 Å². The number of hydrogen-bond acceptors (Lipinski definition) is 7. The third kappa shape index (κ3) is 6.95. The van der Waals surface area contributed by atoms with Crippen molar-refractivity contribution in [2.75, 3.05) is 0 Å². The summed E-state index contributed by atoms with van der Waals surface area (Å²) >= 11 is 1.13. The second kappa shape index (κ2) is 12.5. The van der Waals surface area contributed by atoms with Crippen LogP contribution >= 0.6 is 11.7 Å². The van der Waals surface area contributed by atoms with Crippen LogP contribution in [-0.2, 0) is 32.6 Å². The molecule has 45 heavy (non-hydrogen) atoms. The monoisotopic (exact) mass is 618 g/mol. The first-order valence-electron chi connectivity index (χ1n) is 14.9. The summed E-state index contributed by atoms with van der Waals surface area (Å²) in [5.41, 5.74) is 7.96. The van der Waals surface area contributed by atoms with Crippen molar-refractivity contribution in [3.63, 3.8) is 0 Å². The van der Waals surface area contributed by atoms with E-state index < -0.39 is 11.8 Å². The summed E-state index contributed by atoms with van der Waals surface area (Å²) in [5, 5.41) is 11.7. The van der Waals surface area contributed by atoms with Crippen LogP contribution in [0.4, 0.5) is 0 Å². The largest absolute Gasteiger partial charge is 0.421 e. The highest BCUT2D eigenvalue weighted by atomic mass is 32.1. The fourth-order valence-corrected chi connectivity index (χ4v) is 5.78. The Morgan fingerprint density at radius 3 is 1.93 bits per heavy atom. The van der Waals surface area contributed by atoms with Gasteiger partial charge in [-0.05, 0) is 45.2 Å². The molecule has 230 valence electrons. The van der Waals surface area contributed by atoms with Gasteiger partial charge in [-0.3, -0.25) is 4.79 Å². The molecule has 0 radical (unpaired) electrons. The molecule has 0 saturated heterocycles. The maximum Gasteiger partial charge on any atom is 0.342 e. The second-order valence-corrected chi connectivity index (χ2v) is 13.9. The van der Waals surface area contributed by atoms with Crippen molar-refractivity contribution in [3.8, 4) is 0 Å². The highest BCUT2D eigenvalue weighted by molar-refractivity contribution is 7.00. The van der Waals surface area contributed by atoms with Crippen LogP contribution in [0.1, 0.15) is 79.7 Å². The molecule has 7 heteroatoms. The molecule has 6 rings (SSSR count). The van der Waals surface area contributed by atoms with Crippen LogP contribution in [0.3, 0.4) is 0 Å². The van der Waals surface area contributed by atoms with Gasteiger partial charge in [-0.15, -0.1) is 0 Å². The minimum absolute atomic E-state index is 0.0388. The van der Waals surface area contributed by atoms with Gasteiger partial charge in [0.25, 0.3) is 5.79 Å². The lowest BCUT2D eigenvalue weighted by molar-refractivity contribution is -0.185. The molecule has 0 fully saturated rings. The van der Waals surface area contributed by atoms with Crippen LogP contribution in [0.15, 0.2) is 103 Å². The minimum Gasteiger partial charge on any atom is -0.421 e. The van der Waals surface area contributed by atoms with Gasteiger partial charge in [-0.2, -0.15) is 8.75 Å². The van der Waals surface area contributed by atoms with Crippen molar-refractivity contribution in [2.45, 2.75) is 64.6 Å². The van der Waals surface area contributed by atoms with Gasteiger partial charge in [-0.25, -0.2) is 4.79 Å². The van der Waals surface area contributed by atoms with Crippen molar-refractivity contribution in [1.29, 1.82) is 0 Å². The van der Waals surface area contributed by atoms with Gasteiger partial charge >= 0.3 is 5.97 Å². The number of nitrogens with zero attached hydrogens (tertiary/aromatic N) is 2. The summed E-state index contributed by atoms with van der Waals surface area (Å²) in [6.45, 7) is 13.0. The molecular weight excluding hydrogens is 580 g/mol. The van der Waals surface area contributed by atoms with E-state index in [2.05, 4.69) is 62.4 Å². The molecule has 4 aromatic carbocycles. The molecule has 0 bridgehead atoms. The Kier molecular flexibility index (Phi) is 8.88. The number of carbonyl (C=O) groups is 2. The number of hydrogen-bond donors (Lipinski definition) is 1. The molecule has 5 aromatic rings. The average molecular weight is 619 g/mol. The number of carbonyl (C=O) groups excluding carboxylic acids is 2. The van der Waals surface area contributed by atoms with Gasteiger partial charge in [0.15, 0.2) is 0 Å².